The van der Waals surface area contributed by atoms with Gasteiger partial charge in [-0.2, -0.15) is 0 Å². The van der Waals surface area contributed by atoms with Crippen molar-refractivity contribution in [3.8, 4) is 17.4 Å². The number of carbonyl (C=O) groups is 1. The molecule has 2 heterocycles. The number of aromatic nitrogens is 2. The molecule has 0 saturated carbocycles. The van der Waals surface area contributed by atoms with Gasteiger partial charge in [-0.05, 0) is 54.5 Å². The minimum atomic E-state index is -1.16. The predicted molar refractivity (Wildman–Crippen MR) is 136 cm³/mol. The molecule has 0 aliphatic carbocycles. The van der Waals surface area contributed by atoms with Crippen molar-refractivity contribution in [3.05, 3.63) is 80.5 Å². The predicted octanol–water partition coefficient (Wildman–Crippen LogP) is 3.72. The van der Waals surface area contributed by atoms with E-state index in [9.17, 15) is 19.5 Å². The van der Waals surface area contributed by atoms with Gasteiger partial charge in [-0.25, -0.2) is 9.78 Å². The lowest BCUT2D eigenvalue weighted by atomic mass is 10.0. The number of pyridine rings is 2. The molecular formula is C27H27N3O6. The fourth-order valence-electron chi connectivity index (χ4n) is 3.91. The first-order valence-electron chi connectivity index (χ1n) is 11.7. The molecular weight excluding hydrogens is 462 g/mol. The molecule has 4 aromatic rings. The number of benzene rings is 1. The first-order valence-corrected chi connectivity index (χ1v) is 11.7. The Morgan fingerprint density at radius 1 is 1.08 bits per heavy atom. The summed E-state index contributed by atoms with van der Waals surface area (Å²) in [7, 11) is 0. The highest BCUT2D eigenvalue weighted by molar-refractivity contribution is 5.86. The van der Waals surface area contributed by atoms with Crippen LogP contribution in [0.2, 0.25) is 0 Å². The molecule has 9 nitrogen and oxygen atoms in total. The van der Waals surface area contributed by atoms with Crippen molar-refractivity contribution in [2.24, 2.45) is 5.92 Å². The van der Waals surface area contributed by atoms with Gasteiger partial charge >= 0.3 is 5.97 Å². The van der Waals surface area contributed by atoms with Crippen molar-refractivity contribution >= 4 is 22.4 Å². The van der Waals surface area contributed by atoms with Crippen LogP contribution < -0.4 is 25.6 Å². The number of carboxylic acid groups (broad SMARTS) is 1. The molecule has 0 bridgehead atoms. The lowest BCUT2D eigenvalue weighted by Gasteiger charge is -2.19. The third-order valence-corrected chi connectivity index (χ3v) is 5.62. The Bertz CT molecular complexity index is 1460. The van der Waals surface area contributed by atoms with Crippen molar-refractivity contribution in [1.82, 2.24) is 9.97 Å². The van der Waals surface area contributed by atoms with Gasteiger partial charge in [0.2, 0.25) is 5.88 Å². The van der Waals surface area contributed by atoms with Crippen LogP contribution in [0.15, 0.2) is 58.4 Å². The van der Waals surface area contributed by atoms with Crippen LogP contribution in [0.3, 0.4) is 0 Å². The van der Waals surface area contributed by atoms with Crippen LogP contribution in [0.1, 0.15) is 32.0 Å². The highest BCUT2D eigenvalue weighted by atomic mass is 16.5. The summed E-state index contributed by atoms with van der Waals surface area (Å²) in [6.07, 6.45) is 4.33. The maximum absolute atomic E-state index is 11.9. The maximum atomic E-state index is 11.9. The second-order valence-electron chi connectivity index (χ2n) is 8.89. The van der Waals surface area contributed by atoms with Gasteiger partial charge in [-0.3, -0.25) is 14.6 Å². The summed E-state index contributed by atoms with van der Waals surface area (Å²) >= 11 is 0. The summed E-state index contributed by atoms with van der Waals surface area (Å²) in [6.45, 7) is 6.13. The zero-order chi connectivity index (χ0) is 25.8. The molecule has 0 fully saturated rings. The van der Waals surface area contributed by atoms with Crippen molar-refractivity contribution in [3.63, 3.8) is 0 Å². The number of nitrogens with one attached hydrogen (secondary N) is 1. The van der Waals surface area contributed by atoms with Gasteiger partial charge in [0.1, 0.15) is 17.5 Å². The molecule has 0 saturated heterocycles. The van der Waals surface area contributed by atoms with E-state index in [1.54, 1.807) is 43.6 Å². The number of rotatable bonds is 11. The SMILES string of the molecule is CCOc1c(NC(Cc2ccc(Oc3nc(CC(C)C)cc4ccncc34)cc2)C(=O)O)c(=O)c1=O. The van der Waals surface area contributed by atoms with Gasteiger partial charge in [0, 0.05) is 24.5 Å². The first kappa shape index (κ1) is 24.8. The van der Waals surface area contributed by atoms with Crippen LogP contribution in [0.5, 0.6) is 17.4 Å². The van der Waals surface area contributed by atoms with E-state index in [0.717, 1.165) is 22.9 Å². The van der Waals surface area contributed by atoms with E-state index in [2.05, 4.69) is 29.1 Å². The molecule has 186 valence electrons. The molecule has 1 unspecified atom stereocenters. The van der Waals surface area contributed by atoms with Crippen molar-refractivity contribution in [1.29, 1.82) is 0 Å². The summed E-state index contributed by atoms with van der Waals surface area (Å²) in [4.78, 5) is 44.2. The quantitative estimate of drug-likeness (QED) is 0.303. The van der Waals surface area contributed by atoms with Crippen molar-refractivity contribution in [2.75, 3.05) is 11.9 Å². The molecule has 2 N–H and O–H groups in total. The Morgan fingerprint density at radius 3 is 2.50 bits per heavy atom. The molecule has 4 rings (SSSR count). The molecule has 0 amide bonds. The molecule has 2 aromatic heterocycles. The third-order valence-electron chi connectivity index (χ3n) is 5.62. The van der Waals surface area contributed by atoms with Crippen LogP contribution in [0.25, 0.3) is 10.8 Å². The van der Waals surface area contributed by atoms with E-state index in [0.29, 0.717) is 23.1 Å². The Morgan fingerprint density at radius 2 is 1.83 bits per heavy atom. The highest BCUT2D eigenvalue weighted by Crippen LogP contribution is 2.29. The van der Waals surface area contributed by atoms with Crippen LogP contribution in [0, 0.1) is 5.92 Å². The average Bonchev–Trinajstić information content (AvgIpc) is 2.85. The van der Waals surface area contributed by atoms with E-state index in [4.69, 9.17) is 9.47 Å². The zero-order valence-electron chi connectivity index (χ0n) is 20.3. The van der Waals surface area contributed by atoms with E-state index in [-0.39, 0.29) is 24.5 Å². The van der Waals surface area contributed by atoms with Gasteiger partial charge in [0.05, 0.1) is 12.0 Å². The second-order valence-corrected chi connectivity index (χ2v) is 8.89. The Hall–Kier alpha value is -4.27. The zero-order valence-corrected chi connectivity index (χ0v) is 20.3. The maximum Gasteiger partial charge on any atom is 0.326 e. The molecule has 1 atom stereocenters. The fourth-order valence-corrected chi connectivity index (χ4v) is 3.91. The van der Waals surface area contributed by atoms with Crippen molar-refractivity contribution < 1.29 is 19.4 Å². The molecule has 9 heteroatoms. The molecule has 2 aromatic carbocycles. The van der Waals surface area contributed by atoms with Gasteiger partial charge < -0.3 is 19.9 Å². The van der Waals surface area contributed by atoms with E-state index in [1.807, 2.05) is 12.1 Å². The van der Waals surface area contributed by atoms with E-state index < -0.39 is 22.9 Å². The Balaban J connectivity index is 1.52. The summed E-state index contributed by atoms with van der Waals surface area (Å²) in [5.41, 5.74) is 0.00518. The van der Waals surface area contributed by atoms with Gasteiger partial charge in [-0.15, -0.1) is 0 Å². The molecule has 0 spiro atoms. The minimum Gasteiger partial charge on any atom is -0.488 e. The van der Waals surface area contributed by atoms with E-state index in [1.165, 1.54) is 0 Å². The number of fused-ring (bicyclic) bond motifs is 1. The monoisotopic (exact) mass is 489 g/mol. The largest absolute Gasteiger partial charge is 0.488 e. The van der Waals surface area contributed by atoms with Crippen LogP contribution >= 0.6 is 0 Å². The van der Waals surface area contributed by atoms with Crippen LogP contribution in [-0.2, 0) is 17.6 Å². The number of hydrogen-bond acceptors (Lipinski definition) is 8. The number of anilines is 1. The van der Waals surface area contributed by atoms with Crippen LogP contribution in [0.4, 0.5) is 5.69 Å². The normalized spacial score (nSPS) is 12.1. The number of ether oxygens (including phenoxy) is 2. The Kier molecular flexibility index (Phi) is 7.28. The van der Waals surface area contributed by atoms with Gasteiger partial charge in [-0.1, -0.05) is 26.0 Å². The topological polar surface area (TPSA) is 128 Å². The lowest BCUT2D eigenvalue weighted by Crippen LogP contribution is -2.41. The number of hydrogen-bond donors (Lipinski definition) is 2. The average molecular weight is 490 g/mol. The number of nitrogens with zero attached hydrogens (tertiary/aromatic N) is 2. The van der Waals surface area contributed by atoms with Crippen molar-refractivity contribution in [2.45, 2.75) is 39.7 Å². The molecule has 0 aliphatic heterocycles. The smallest absolute Gasteiger partial charge is 0.326 e. The minimum absolute atomic E-state index is 0.0783. The van der Waals surface area contributed by atoms with Gasteiger partial charge in [0.15, 0.2) is 5.75 Å². The van der Waals surface area contributed by atoms with E-state index >= 15 is 0 Å². The lowest BCUT2D eigenvalue weighted by molar-refractivity contribution is -0.137. The fraction of sp³-hybridized carbons (Fsp3) is 0.296. The van der Waals surface area contributed by atoms with Crippen LogP contribution in [-0.4, -0.2) is 33.7 Å². The summed E-state index contributed by atoms with van der Waals surface area (Å²) in [5.74, 6) is 0.160. The molecule has 0 radical (unpaired) electrons. The highest BCUT2D eigenvalue weighted by Gasteiger charge is 2.27. The first-order chi connectivity index (χ1) is 17.3. The standard InChI is InChI=1S/C27H27N3O6/c1-4-35-25-22(23(31)24(25)32)30-21(27(33)34)12-16-5-7-19(8-6-16)36-26-20-14-28-10-9-17(20)13-18(29-26)11-15(2)3/h5-10,13-15,21,30H,4,11-12H2,1-3H3,(H,33,34). The molecule has 36 heavy (non-hydrogen) atoms. The number of carboxylic acids is 1. The summed E-state index contributed by atoms with van der Waals surface area (Å²) in [5, 5.41) is 14.1. The Labute approximate surface area is 207 Å². The summed E-state index contributed by atoms with van der Waals surface area (Å²) in [6, 6.07) is 9.80. The van der Waals surface area contributed by atoms with Gasteiger partial charge in [0.25, 0.3) is 10.9 Å². The third kappa shape index (κ3) is 5.35. The number of aliphatic carboxylic acids is 1. The summed E-state index contributed by atoms with van der Waals surface area (Å²) < 4.78 is 11.3. The second kappa shape index (κ2) is 10.6. The molecule has 0 aliphatic rings.